The molecule has 112 valence electrons. The molecule has 20 heavy (non-hydrogen) atoms. The van der Waals surface area contributed by atoms with Crippen LogP contribution >= 0.6 is 34.7 Å². The molecule has 0 unspecified atom stereocenters. The van der Waals surface area contributed by atoms with E-state index in [1.54, 1.807) is 0 Å². The number of carbonyl (C=O) groups excluding carboxylic acids is 1. The average molecular weight is 336 g/mol. The number of carboxylic acid groups (broad SMARTS) is 1. The largest absolute Gasteiger partial charge is 0.480 e. The van der Waals surface area contributed by atoms with Crippen molar-refractivity contribution < 1.29 is 14.7 Å². The van der Waals surface area contributed by atoms with E-state index in [-0.39, 0.29) is 24.1 Å². The molecule has 0 bridgehead atoms. The summed E-state index contributed by atoms with van der Waals surface area (Å²) in [5, 5.41) is 8.84. The van der Waals surface area contributed by atoms with E-state index in [0.29, 0.717) is 12.3 Å². The molecule has 0 radical (unpaired) electrons. The molecule has 0 saturated heterocycles. The summed E-state index contributed by atoms with van der Waals surface area (Å²) in [7, 11) is 0. The summed E-state index contributed by atoms with van der Waals surface area (Å²) in [6.07, 6.45) is 0. The van der Waals surface area contributed by atoms with Crippen molar-refractivity contribution in [1.82, 2.24) is 4.90 Å². The first kappa shape index (κ1) is 17.3. The number of carbonyl (C=O) groups is 2. The highest BCUT2D eigenvalue weighted by atomic mass is 35.5. The van der Waals surface area contributed by atoms with Crippen LogP contribution in [0, 0.1) is 5.92 Å². The highest BCUT2D eigenvalue weighted by Gasteiger charge is 2.17. The van der Waals surface area contributed by atoms with Gasteiger partial charge in [0.1, 0.15) is 6.54 Å². The van der Waals surface area contributed by atoms with Crippen molar-refractivity contribution >= 4 is 46.6 Å². The van der Waals surface area contributed by atoms with Gasteiger partial charge >= 0.3 is 5.97 Å². The molecule has 1 heterocycles. The summed E-state index contributed by atoms with van der Waals surface area (Å²) in [6, 6.07) is 3.77. The minimum Gasteiger partial charge on any atom is -0.480 e. The van der Waals surface area contributed by atoms with Gasteiger partial charge in [-0.2, -0.15) is 0 Å². The van der Waals surface area contributed by atoms with Crippen LogP contribution in [0.3, 0.4) is 0 Å². The normalized spacial score (nSPS) is 10.8. The molecular weight excluding hydrogens is 318 g/mol. The van der Waals surface area contributed by atoms with Gasteiger partial charge in [-0.15, -0.1) is 23.1 Å². The smallest absolute Gasteiger partial charge is 0.323 e. The second-order valence-electron chi connectivity index (χ2n) is 4.76. The zero-order valence-electron chi connectivity index (χ0n) is 11.5. The molecule has 1 rings (SSSR count). The lowest BCUT2D eigenvalue weighted by molar-refractivity contribution is -0.143. The van der Waals surface area contributed by atoms with Crippen LogP contribution in [0.5, 0.6) is 0 Å². The van der Waals surface area contributed by atoms with Gasteiger partial charge in [0.25, 0.3) is 0 Å². The van der Waals surface area contributed by atoms with Crippen LogP contribution in [-0.2, 0) is 15.3 Å². The van der Waals surface area contributed by atoms with E-state index in [1.807, 2.05) is 26.0 Å². The third-order valence-electron chi connectivity index (χ3n) is 2.36. The number of rotatable bonds is 8. The van der Waals surface area contributed by atoms with Crippen molar-refractivity contribution in [1.29, 1.82) is 0 Å². The van der Waals surface area contributed by atoms with E-state index in [4.69, 9.17) is 16.7 Å². The van der Waals surface area contributed by atoms with E-state index < -0.39 is 5.97 Å². The van der Waals surface area contributed by atoms with E-state index >= 15 is 0 Å². The minimum absolute atomic E-state index is 0.131. The van der Waals surface area contributed by atoms with Crippen LogP contribution in [-0.4, -0.2) is 40.7 Å². The Balaban J connectivity index is 2.42. The van der Waals surface area contributed by atoms with Gasteiger partial charge in [-0.05, 0) is 18.1 Å². The molecule has 1 aromatic rings. The lowest BCUT2D eigenvalue weighted by Gasteiger charge is -2.22. The van der Waals surface area contributed by atoms with Gasteiger partial charge in [-0.25, -0.2) is 0 Å². The Morgan fingerprint density at radius 3 is 2.65 bits per heavy atom. The number of nitrogens with zero attached hydrogens (tertiary/aromatic N) is 1. The quantitative estimate of drug-likeness (QED) is 0.792. The van der Waals surface area contributed by atoms with Gasteiger partial charge < -0.3 is 10.0 Å². The fourth-order valence-electron chi connectivity index (χ4n) is 1.62. The summed E-state index contributed by atoms with van der Waals surface area (Å²) in [5.41, 5.74) is 0. The number of amides is 1. The highest BCUT2D eigenvalue weighted by molar-refractivity contribution is 7.99. The molecule has 0 aliphatic rings. The molecule has 4 nitrogen and oxygen atoms in total. The van der Waals surface area contributed by atoms with Crippen LogP contribution in [0.15, 0.2) is 12.1 Å². The zero-order valence-corrected chi connectivity index (χ0v) is 13.9. The zero-order chi connectivity index (χ0) is 15.1. The second-order valence-corrected chi connectivity index (χ2v) is 7.55. The van der Waals surface area contributed by atoms with E-state index in [9.17, 15) is 9.59 Å². The van der Waals surface area contributed by atoms with Gasteiger partial charge in [-0.3, -0.25) is 9.59 Å². The third-order valence-corrected chi connectivity index (χ3v) is 4.74. The molecule has 0 aliphatic carbocycles. The molecule has 0 aromatic carbocycles. The van der Waals surface area contributed by atoms with E-state index in [2.05, 4.69) is 0 Å². The standard InChI is InChI=1S/C13H18ClNO3S2/c1-9(2)5-15(6-13(17)18)12(16)8-19-7-10-3-4-11(14)20-10/h3-4,9H,5-8H2,1-2H3,(H,17,18). The fourth-order valence-corrected chi connectivity index (χ4v) is 3.74. The van der Waals surface area contributed by atoms with E-state index in [0.717, 1.165) is 9.21 Å². The van der Waals surface area contributed by atoms with Gasteiger partial charge in [0.2, 0.25) is 5.91 Å². The fraction of sp³-hybridized carbons (Fsp3) is 0.538. The number of carboxylic acids is 1. The summed E-state index contributed by atoms with van der Waals surface area (Å²) >= 11 is 8.81. The number of hydrogen-bond acceptors (Lipinski definition) is 4. The summed E-state index contributed by atoms with van der Waals surface area (Å²) in [4.78, 5) is 25.3. The maximum absolute atomic E-state index is 12.0. The van der Waals surface area contributed by atoms with Crippen molar-refractivity contribution in [3.05, 3.63) is 21.3 Å². The topological polar surface area (TPSA) is 57.6 Å². The van der Waals surface area contributed by atoms with Crippen molar-refractivity contribution in [2.24, 2.45) is 5.92 Å². The highest BCUT2D eigenvalue weighted by Crippen LogP contribution is 2.25. The van der Waals surface area contributed by atoms with Gasteiger partial charge in [0.15, 0.2) is 0 Å². The molecule has 1 N–H and O–H groups in total. The summed E-state index contributed by atoms with van der Waals surface area (Å²) in [5.74, 6) is 0.142. The Labute approximate surface area is 132 Å². The first-order valence-corrected chi connectivity index (χ1v) is 8.55. The Bertz CT molecular complexity index is 462. The predicted molar refractivity (Wildman–Crippen MR) is 84.5 cm³/mol. The summed E-state index contributed by atoms with van der Waals surface area (Å²) < 4.78 is 0.735. The molecule has 1 amide bonds. The monoisotopic (exact) mass is 335 g/mol. The minimum atomic E-state index is -0.978. The molecule has 7 heteroatoms. The van der Waals surface area contributed by atoms with Crippen molar-refractivity contribution in [3.8, 4) is 0 Å². The van der Waals surface area contributed by atoms with Crippen LogP contribution in [0.4, 0.5) is 0 Å². The number of aliphatic carboxylic acids is 1. The molecule has 1 aromatic heterocycles. The van der Waals surface area contributed by atoms with Crippen LogP contribution in [0.2, 0.25) is 4.34 Å². The van der Waals surface area contributed by atoms with Crippen molar-refractivity contribution in [3.63, 3.8) is 0 Å². The lowest BCUT2D eigenvalue weighted by atomic mass is 10.2. The predicted octanol–water partition coefficient (Wildman–Crippen LogP) is 3.20. The number of halogens is 1. The second kappa shape index (κ2) is 8.54. The average Bonchev–Trinajstić information content (AvgIpc) is 2.73. The molecule has 0 aliphatic heterocycles. The Hall–Kier alpha value is -0.720. The first-order valence-electron chi connectivity index (χ1n) is 6.20. The van der Waals surface area contributed by atoms with Gasteiger partial charge in [-0.1, -0.05) is 25.4 Å². The first-order chi connectivity index (χ1) is 9.38. The van der Waals surface area contributed by atoms with Crippen molar-refractivity contribution in [2.75, 3.05) is 18.8 Å². The van der Waals surface area contributed by atoms with Crippen molar-refractivity contribution in [2.45, 2.75) is 19.6 Å². The Morgan fingerprint density at radius 1 is 1.45 bits per heavy atom. The van der Waals surface area contributed by atoms with Crippen LogP contribution in [0.1, 0.15) is 18.7 Å². The molecule has 0 fully saturated rings. The van der Waals surface area contributed by atoms with Crippen LogP contribution < -0.4 is 0 Å². The third kappa shape index (κ3) is 6.63. The maximum Gasteiger partial charge on any atom is 0.323 e. The van der Waals surface area contributed by atoms with Gasteiger partial charge in [0, 0.05) is 17.2 Å². The Morgan fingerprint density at radius 2 is 2.15 bits per heavy atom. The summed E-state index contributed by atoms with van der Waals surface area (Å²) in [6.45, 7) is 4.16. The number of thiophene rings is 1. The Kier molecular flexibility index (Phi) is 7.40. The molecular formula is C13H18ClNO3S2. The molecule has 0 atom stereocenters. The SMILES string of the molecule is CC(C)CN(CC(=O)O)C(=O)CSCc1ccc(Cl)s1. The molecule has 0 saturated carbocycles. The van der Waals surface area contributed by atoms with E-state index in [1.165, 1.54) is 28.0 Å². The number of thioether (sulfide) groups is 1. The van der Waals surface area contributed by atoms with Gasteiger partial charge in [0.05, 0.1) is 10.1 Å². The van der Waals surface area contributed by atoms with Crippen LogP contribution in [0.25, 0.3) is 0 Å². The molecule has 0 spiro atoms. The number of hydrogen-bond donors (Lipinski definition) is 1. The lowest BCUT2D eigenvalue weighted by Crippen LogP contribution is -2.39. The maximum atomic E-state index is 12.0.